The number of aryl methyl sites for hydroxylation is 1. The lowest BCUT2D eigenvalue weighted by atomic mass is 10.2. The fraction of sp³-hybridized carbons (Fsp3) is 0.158. The van der Waals surface area contributed by atoms with Crippen molar-refractivity contribution < 1.29 is 9.47 Å². The van der Waals surface area contributed by atoms with Gasteiger partial charge < -0.3 is 9.47 Å². The second-order valence-electron chi connectivity index (χ2n) is 5.40. The second kappa shape index (κ2) is 8.62. The fourth-order valence-corrected chi connectivity index (χ4v) is 3.84. The van der Waals surface area contributed by atoms with Gasteiger partial charge in [-0.1, -0.05) is 41.0 Å². The van der Waals surface area contributed by atoms with E-state index in [-0.39, 0.29) is 0 Å². The molecule has 0 saturated heterocycles. The minimum Gasteiger partial charge on any atom is -0.497 e. The zero-order valence-electron chi connectivity index (χ0n) is 14.2. The number of rotatable bonds is 6. The Balaban J connectivity index is 1.74. The molecule has 4 nitrogen and oxygen atoms in total. The number of nitrogens with zero attached hydrogens (tertiary/aromatic N) is 2. The number of ether oxygens (including phenoxy) is 2. The maximum absolute atomic E-state index is 6.22. The summed E-state index contributed by atoms with van der Waals surface area (Å²) in [6.07, 6.45) is 0. The third-order valence-electron chi connectivity index (χ3n) is 3.50. The summed E-state index contributed by atoms with van der Waals surface area (Å²) in [5.41, 5.74) is 1.68. The first-order valence-electron chi connectivity index (χ1n) is 7.78. The Morgan fingerprint density at radius 2 is 1.62 bits per heavy atom. The predicted molar refractivity (Wildman–Crippen MR) is 106 cm³/mol. The van der Waals surface area contributed by atoms with E-state index in [0.29, 0.717) is 32.6 Å². The van der Waals surface area contributed by atoms with Crippen molar-refractivity contribution in [2.24, 2.45) is 0 Å². The third-order valence-corrected chi connectivity index (χ3v) is 5.08. The van der Waals surface area contributed by atoms with Crippen molar-refractivity contribution in [1.29, 1.82) is 0 Å². The summed E-state index contributed by atoms with van der Waals surface area (Å²) < 4.78 is 11.0. The summed E-state index contributed by atoms with van der Waals surface area (Å²) in [5, 5.41) is 1.87. The molecule has 134 valence electrons. The van der Waals surface area contributed by atoms with Crippen LogP contribution in [-0.2, 0) is 5.75 Å². The molecule has 26 heavy (non-hydrogen) atoms. The van der Waals surface area contributed by atoms with Crippen LogP contribution in [0.2, 0.25) is 10.0 Å². The van der Waals surface area contributed by atoms with Gasteiger partial charge in [0.25, 0.3) is 0 Å². The zero-order chi connectivity index (χ0) is 18.5. The summed E-state index contributed by atoms with van der Waals surface area (Å²) in [4.78, 5) is 8.90. The Bertz CT molecular complexity index is 884. The average Bonchev–Trinajstić information content (AvgIpc) is 2.61. The molecule has 0 aliphatic carbocycles. The monoisotopic (exact) mass is 406 g/mol. The van der Waals surface area contributed by atoms with E-state index in [0.717, 1.165) is 17.0 Å². The highest BCUT2D eigenvalue weighted by molar-refractivity contribution is 7.98. The lowest BCUT2D eigenvalue weighted by molar-refractivity contribution is 0.411. The summed E-state index contributed by atoms with van der Waals surface area (Å²) in [6.45, 7) is 1.90. The molecule has 0 saturated carbocycles. The van der Waals surface area contributed by atoms with Crippen LogP contribution in [0, 0.1) is 6.92 Å². The molecule has 0 bridgehead atoms. The standard InChI is InChI=1S/C19H16Cl2N2O2S/c1-12-10-18(25-14-8-6-13(24-2)7-9-14)23-19(22-12)26-11-15-16(20)4-3-5-17(15)21/h3-10H,11H2,1-2H3. The molecule has 0 spiro atoms. The lowest BCUT2D eigenvalue weighted by Crippen LogP contribution is -1.96. The van der Waals surface area contributed by atoms with Crippen LogP contribution in [0.15, 0.2) is 53.7 Å². The normalized spacial score (nSPS) is 10.6. The van der Waals surface area contributed by atoms with Crippen molar-refractivity contribution in [3.05, 3.63) is 69.8 Å². The van der Waals surface area contributed by atoms with Crippen LogP contribution in [-0.4, -0.2) is 17.1 Å². The Morgan fingerprint density at radius 3 is 2.27 bits per heavy atom. The number of methoxy groups -OCH3 is 1. The van der Waals surface area contributed by atoms with Crippen LogP contribution in [0.5, 0.6) is 17.4 Å². The molecule has 0 fully saturated rings. The average molecular weight is 407 g/mol. The highest BCUT2D eigenvalue weighted by Crippen LogP contribution is 2.31. The van der Waals surface area contributed by atoms with Crippen LogP contribution >= 0.6 is 35.0 Å². The molecule has 0 radical (unpaired) electrons. The van der Waals surface area contributed by atoms with Gasteiger partial charge in [-0.05, 0) is 48.9 Å². The quantitative estimate of drug-likeness (QED) is 0.360. The minimum absolute atomic E-state index is 0.482. The molecule has 0 atom stereocenters. The zero-order valence-corrected chi connectivity index (χ0v) is 16.5. The smallest absolute Gasteiger partial charge is 0.223 e. The van der Waals surface area contributed by atoms with Crippen molar-refractivity contribution in [3.8, 4) is 17.4 Å². The first kappa shape index (κ1) is 18.8. The van der Waals surface area contributed by atoms with Gasteiger partial charge in [0, 0.05) is 27.6 Å². The predicted octanol–water partition coefficient (Wildman–Crippen LogP) is 6.19. The SMILES string of the molecule is COc1ccc(Oc2cc(C)nc(SCc3c(Cl)cccc3Cl)n2)cc1. The first-order valence-corrected chi connectivity index (χ1v) is 9.52. The topological polar surface area (TPSA) is 44.2 Å². The molecular formula is C19H16Cl2N2O2S. The summed E-state index contributed by atoms with van der Waals surface area (Å²) >= 11 is 13.9. The van der Waals surface area contributed by atoms with Gasteiger partial charge in [-0.15, -0.1) is 0 Å². The Kier molecular flexibility index (Phi) is 6.25. The van der Waals surface area contributed by atoms with Gasteiger partial charge in [0.15, 0.2) is 5.16 Å². The van der Waals surface area contributed by atoms with Crippen LogP contribution in [0.25, 0.3) is 0 Å². The first-order chi connectivity index (χ1) is 12.5. The molecule has 0 aliphatic rings. The highest BCUT2D eigenvalue weighted by Gasteiger charge is 2.10. The van der Waals surface area contributed by atoms with Gasteiger partial charge in [0.2, 0.25) is 5.88 Å². The number of hydrogen-bond donors (Lipinski definition) is 0. The van der Waals surface area contributed by atoms with E-state index < -0.39 is 0 Å². The maximum atomic E-state index is 6.22. The summed E-state index contributed by atoms with van der Waals surface area (Å²) in [7, 11) is 1.62. The van der Waals surface area contributed by atoms with Crippen LogP contribution in [0.4, 0.5) is 0 Å². The lowest BCUT2D eigenvalue weighted by Gasteiger charge is -2.09. The molecule has 1 heterocycles. The minimum atomic E-state index is 0.482. The molecule has 7 heteroatoms. The molecule has 1 aromatic heterocycles. The van der Waals surface area contributed by atoms with Crippen molar-refractivity contribution in [3.63, 3.8) is 0 Å². The van der Waals surface area contributed by atoms with Gasteiger partial charge in [0.05, 0.1) is 7.11 Å². The highest BCUT2D eigenvalue weighted by atomic mass is 35.5. The van der Waals surface area contributed by atoms with Crippen molar-refractivity contribution in [2.45, 2.75) is 17.8 Å². The largest absolute Gasteiger partial charge is 0.497 e. The third kappa shape index (κ3) is 4.81. The van der Waals surface area contributed by atoms with Crippen molar-refractivity contribution in [1.82, 2.24) is 9.97 Å². The molecule has 0 unspecified atom stereocenters. The van der Waals surface area contributed by atoms with E-state index in [1.807, 2.05) is 49.4 Å². The van der Waals surface area contributed by atoms with Gasteiger partial charge in [-0.2, -0.15) is 4.98 Å². The molecular weight excluding hydrogens is 391 g/mol. The number of aromatic nitrogens is 2. The van der Waals surface area contributed by atoms with Crippen molar-refractivity contribution in [2.75, 3.05) is 7.11 Å². The fourth-order valence-electron chi connectivity index (χ4n) is 2.20. The van der Waals surface area contributed by atoms with Gasteiger partial charge in [0.1, 0.15) is 11.5 Å². The van der Waals surface area contributed by atoms with E-state index in [2.05, 4.69) is 9.97 Å². The van der Waals surface area contributed by atoms with Crippen LogP contribution < -0.4 is 9.47 Å². The van der Waals surface area contributed by atoms with E-state index in [9.17, 15) is 0 Å². The Hall–Kier alpha value is -1.95. The van der Waals surface area contributed by atoms with Crippen molar-refractivity contribution >= 4 is 35.0 Å². The summed E-state index contributed by atoms with van der Waals surface area (Å²) in [5.74, 6) is 2.50. The van der Waals surface area contributed by atoms with Gasteiger partial charge in [-0.25, -0.2) is 4.98 Å². The number of benzene rings is 2. The van der Waals surface area contributed by atoms with E-state index in [4.69, 9.17) is 32.7 Å². The number of hydrogen-bond acceptors (Lipinski definition) is 5. The Morgan fingerprint density at radius 1 is 0.962 bits per heavy atom. The molecule has 2 aromatic carbocycles. The van der Waals surface area contributed by atoms with Crippen LogP contribution in [0.3, 0.4) is 0 Å². The van der Waals surface area contributed by atoms with Crippen LogP contribution in [0.1, 0.15) is 11.3 Å². The van der Waals surface area contributed by atoms with E-state index >= 15 is 0 Å². The molecule has 3 aromatic rings. The maximum Gasteiger partial charge on any atom is 0.223 e. The molecule has 0 amide bonds. The molecule has 0 N–H and O–H groups in total. The van der Waals surface area contributed by atoms with Gasteiger partial charge >= 0.3 is 0 Å². The summed E-state index contributed by atoms with van der Waals surface area (Å²) in [6, 6.07) is 14.6. The van der Waals surface area contributed by atoms with E-state index in [1.165, 1.54) is 11.8 Å². The van der Waals surface area contributed by atoms with Gasteiger partial charge in [-0.3, -0.25) is 0 Å². The molecule has 3 rings (SSSR count). The Labute approximate surface area is 166 Å². The number of halogens is 2. The number of thioether (sulfide) groups is 1. The second-order valence-corrected chi connectivity index (χ2v) is 7.15. The molecule has 0 aliphatic heterocycles. The van der Waals surface area contributed by atoms with E-state index in [1.54, 1.807) is 13.2 Å².